The average molecular weight is 292 g/mol. The lowest BCUT2D eigenvalue weighted by Crippen LogP contribution is -2.21. The van der Waals surface area contributed by atoms with Crippen LogP contribution in [0.25, 0.3) is 0 Å². The van der Waals surface area contributed by atoms with Crippen LogP contribution in [0.4, 0.5) is 13.2 Å². The Bertz CT molecular complexity index is 471. The van der Waals surface area contributed by atoms with E-state index >= 15 is 0 Å². The Labute approximate surface area is 103 Å². The summed E-state index contributed by atoms with van der Waals surface area (Å²) in [5.41, 5.74) is -0.951. The first-order chi connectivity index (χ1) is 7.23. The van der Waals surface area contributed by atoms with Gasteiger partial charge < -0.3 is 0 Å². The van der Waals surface area contributed by atoms with Crippen molar-refractivity contribution >= 4 is 34.5 Å². The molecule has 1 aromatic rings. The van der Waals surface area contributed by atoms with E-state index in [1.807, 2.05) is 0 Å². The van der Waals surface area contributed by atoms with E-state index in [0.717, 1.165) is 6.08 Å². The second-order valence-electron chi connectivity index (χ2n) is 2.87. The first kappa shape index (κ1) is 13.6. The molecule has 0 unspecified atom stereocenters. The fourth-order valence-corrected chi connectivity index (χ4v) is 2.19. The highest BCUT2D eigenvalue weighted by Gasteiger charge is 2.37. The minimum atomic E-state index is -4.56. The van der Waals surface area contributed by atoms with Crippen LogP contribution < -0.4 is 4.87 Å². The largest absolute Gasteiger partial charge is 0.432 e. The number of hydrogen-bond donors (Lipinski definition) is 0. The van der Waals surface area contributed by atoms with Gasteiger partial charge >= 0.3 is 11.0 Å². The molecule has 0 spiro atoms. The molecule has 0 bridgehead atoms. The smallest absolute Gasteiger partial charge is 0.291 e. The van der Waals surface area contributed by atoms with Crippen molar-refractivity contribution in [1.29, 1.82) is 0 Å². The zero-order chi connectivity index (χ0) is 12.5. The lowest BCUT2D eigenvalue weighted by molar-refractivity contribution is -0.143. The Morgan fingerprint density at radius 1 is 1.50 bits per heavy atom. The molecular weight excluding hydrogens is 286 g/mol. The lowest BCUT2D eigenvalue weighted by atomic mass is 10.3. The van der Waals surface area contributed by atoms with Gasteiger partial charge in [0.15, 0.2) is 0 Å². The number of rotatable bonds is 2. The van der Waals surface area contributed by atoms with Crippen LogP contribution in [0.15, 0.2) is 15.4 Å². The third-order valence-corrected chi connectivity index (χ3v) is 2.96. The summed E-state index contributed by atoms with van der Waals surface area (Å²) in [7, 11) is 0. The van der Waals surface area contributed by atoms with Gasteiger partial charge in [-0.15, -0.1) is 0 Å². The SMILES string of the molecule is Cc1sc(=O)n(CC=C(Cl)Cl)c1C(F)(F)F. The molecule has 8 heteroatoms. The summed E-state index contributed by atoms with van der Waals surface area (Å²) < 4.78 is 38.2. The van der Waals surface area contributed by atoms with E-state index in [1.54, 1.807) is 0 Å². The number of aryl methyl sites for hydroxylation is 1. The predicted molar refractivity (Wildman–Crippen MR) is 58.1 cm³/mol. The van der Waals surface area contributed by atoms with Gasteiger partial charge in [-0.3, -0.25) is 9.36 Å². The summed E-state index contributed by atoms with van der Waals surface area (Å²) in [6.45, 7) is 0.956. The molecule has 1 rings (SSSR count). The number of thiazole rings is 1. The molecule has 0 fully saturated rings. The highest BCUT2D eigenvalue weighted by atomic mass is 35.5. The van der Waals surface area contributed by atoms with Crippen molar-refractivity contribution in [3.8, 4) is 0 Å². The van der Waals surface area contributed by atoms with E-state index in [1.165, 1.54) is 6.92 Å². The molecule has 0 radical (unpaired) electrons. The summed E-state index contributed by atoms with van der Waals surface area (Å²) in [6, 6.07) is 0. The van der Waals surface area contributed by atoms with Crippen molar-refractivity contribution in [3.63, 3.8) is 0 Å². The molecule has 1 aromatic heterocycles. The van der Waals surface area contributed by atoms with Crippen molar-refractivity contribution in [3.05, 3.63) is 30.8 Å². The minimum absolute atomic E-state index is 0.0726. The summed E-state index contributed by atoms with van der Waals surface area (Å²) in [6.07, 6.45) is -3.43. The maximum Gasteiger partial charge on any atom is 0.432 e. The second kappa shape index (κ2) is 4.81. The fraction of sp³-hybridized carbons (Fsp3) is 0.375. The molecule has 2 nitrogen and oxygen atoms in total. The van der Waals surface area contributed by atoms with Crippen LogP contribution in [0.3, 0.4) is 0 Å². The first-order valence-corrected chi connectivity index (χ1v) is 5.59. The maximum absolute atomic E-state index is 12.6. The highest BCUT2D eigenvalue weighted by molar-refractivity contribution is 7.09. The molecule has 0 aliphatic carbocycles. The molecule has 1 heterocycles. The number of aromatic nitrogens is 1. The van der Waals surface area contributed by atoms with Gasteiger partial charge in [-0.25, -0.2) is 0 Å². The molecule has 0 aliphatic heterocycles. The van der Waals surface area contributed by atoms with Crippen molar-refractivity contribution in [2.45, 2.75) is 19.6 Å². The van der Waals surface area contributed by atoms with Gasteiger partial charge in [0.2, 0.25) is 0 Å². The highest BCUT2D eigenvalue weighted by Crippen LogP contribution is 2.32. The van der Waals surface area contributed by atoms with E-state index < -0.39 is 16.7 Å². The molecule has 16 heavy (non-hydrogen) atoms. The van der Waals surface area contributed by atoms with Crippen LogP contribution in [-0.4, -0.2) is 4.57 Å². The second-order valence-corrected chi connectivity index (χ2v) is 5.05. The van der Waals surface area contributed by atoms with E-state index in [2.05, 4.69) is 0 Å². The van der Waals surface area contributed by atoms with Gasteiger partial charge in [0.05, 0.1) is 0 Å². The molecule has 0 saturated heterocycles. The van der Waals surface area contributed by atoms with Crippen LogP contribution in [0.2, 0.25) is 0 Å². The summed E-state index contributed by atoms with van der Waals surface area (Å²) in [4.78, 5) is 10.5. The molecule has 0 atom stereocenters. The van der Waals surface area contributed by atoms with E-state index in [9.17, 15) is 18.0 Å². The van der Waals surface area contributed by atoms with E-state index in [0.29, 0.717) is 15.9 Å². The molecule has 0 amide bonds. The molecular formula is C8H6Cl2F3NOS. The maximum atomic E-state index is 12.6. The van der Waals surface area contributed by atoms with Gasteiger partial charge in [0.1, 0.15) is 10.2 Å². The van der Waals surface area contributed by atoms with Crippen molar-refractivity contribution in [2.24, 2.45) is 0 Å². The average Bonchev–Trinajstić information content (AvgIpc) is 2.36. The number of allylic oxidation sites excluding steroid dienone is 1. The predicted octanol–water partition coefficient (Wildman–Crippen LogP) is 3.56. The normalized spacial score (nSPS) is 11.6. The minimum Gasteiger partial charge on any atom is -0.291 e. The molecule has 0 N–H and O–H groups in total. The lowest BCUT2D eigenvalue weighted by Gasteiger charge is -2.09. The molecule has 0 aliphatic rings. The Hall–Kier alpha value is -0.460. The Balaban J connectivity index is 3.27. The Morgan fingerprint density at radius 3 is 2.50 bits per heavy atom. The summed E-state index contributed by atoms with van der Waals surface area (Å²) in [5, 5.41) is 0. The molecule has 0 saturated carbocycles. The monoisotopic (exact) mass is 291 g/mol. The van der Waals surface area contributed by atoms with Gasteiger partial charge in [-0.1, -0.05) is 34.5 Å². The van der Waals surface area contributed by atoms with Crippen LogP contribution in [0, 0.1) is 6.92 Å². The third-order valence-electron chi connectivity index (χ3n) is 1.76. The fourth-order valence-electron chi connectivity index (χ4n) is 1.19. The summed E-state index contributed by atoms with van der Waals surface area (Å²) in [5.74, 6) is 0. The van der Waals surface area contributed by atoms with E-state index in [-0.39, 0.29) is 15.9 Å². The quantitative estimate of drug-likeness (QED) is 0.817. The summed E-state index contributed by atoms with van der Waals surface area (Å²) >= 11 is 11.1. The van der Waals surface area contributed by atoms with Gasteiger partial charge in [-0.05, 0) is 13.0 Å². The van der Waals surface area contributed by atoms with Crippen molar-refractivity contribution < 1.29 is 13.2 Å². The van der Waals surface area contributed by atoms with Gasteiger partial charge in [-0.2, -0.15) is 13.2 Å². The standard InChI is InChI=1S/C8H6Cl2F3NOS/c1-4-6(8(11,12)13)14(7(15)16-4)3-2-5(9)10/h2H,3H2,1H3. The Kier molecular flexibility index (Phi) is 4.09. The number of hydrogen-bond acceptors (Lipinski definition) is 2. The number of nitrogens with zero attached hydrogens (tertiary/aromatic N) is 1. The van der Waals surface area contributed by atoms with Crippen LogP contribution in [-0.2, 0) is 12.7 Å². The zero-order valence-electron chi connectivity index (χ0n) is 7.94. The molecule has 90 valence electrons. The van der Waals surface area contributed by atoms with Crippen LogP contribution in [0.1, 0.15) is 10.6 Å². The van der Waals surface area contributed by atoms with Crippen LogP contribution in [0.5, 0.6) is 0 Å². The Morgan fingerprint density at radius 2 is 2.06 bits per heavy atom. The zero-order valence-corrected chi connectivity index (χ0v) is 10.3. The van der Waals surface area contributed by atoms with Gasteiger partial charge in [0, 0.05) is 11.4 Å². The van der Waals surface area contributed by atoms with Crippen molar-refractivity contribution in [1.82, 2.24) is 4.57 Å². The van der Waals surface area contributed by atoms with E-state index in [4.69, 9.17) is 23.2 Å². The van der Waals surface area contributed by atoms with Gasteiger partial charge in [0.25, 0.3) is 0 Å². The number of halogens is 5. The molecule has 0 aromatic carbocycles. The first-order valence-electron chi connectivity index (χ1n) is 4.02. The topological polar surface area (TPSA) is 22.0 Å². The van der Waals surface area contributed by atoms with Crippen molar-refractivity contribution in [2.75, 3.05) is 0 Å². The van der Waals surface area contributed by atoms with Crippen LogP contribution >= 0.6 is 34.5 Å². The number of alkyl halides is 3. The third kappa shape index (κ3) is 3.02.